The number of H-pyrrole nitrogens is 1. The summed E-state index contributed by atoms with van der Waals surface area (Å²) in [6.45, 7) is 4.32. The predicted molar refractivity (Wildman–Crippen MR) is 124 cm³/mol. The summed E-state index contributed by atoms with van der Waals surface area (Å²) in [5.74, 6) is -1.03. The van der Waals surface area contributed by atoms with E-state index in [0.29, 0.717) is 0 Å². The normalized spacial score (nSPS) is 12.5. The van der Waals surface area contributed by atoms with Gasteiger partial charge in [0.2, 0.25) is 0 Å². The summed E-state index contributed by atoms with van der Waals surface area (Å²) in [4.78, 5) is 11.4. The van der Waals surface area contributed by atoms with Crippen LogP contribution < -0.4 is 0 Å². The van der Waals surface area contributed by atoms with Crippen molar-refractivity contribution in [2.24, 2.45) is 0 Å². The number of aromatic amines is 1. The SMILES string of the molecule is CCC(C)c1c(-c2ccc(C(=O)O)cc2)c2cc3[nH]ncc3cc2n1-c1ccc(F)cc1. The number of hydrogen-bond donors (Lipinski definition) is 2. The van der Waals surface area contributed by atoms with Gasteiger partial charge in [-0.1, -0.05) is 26.0 Å². The Hall–Kier alpha value is -3.93. The largest absolute Gasteiger partial charge is 0.478 e. The van der Waals surface area contributed by atoms with Crippen molar-refractivity contribution in [3.63, 3.8) is 0 Å². The molecule has 2 N–H and O–H groups in total. The van der Waals surface area contributed by atoms with Crippen molar-refractivity contribution < 1.29 is 14.3 Å². The molecule has 0 bridgehead atoms. The number of aromatic nitrogens is 3. The first-order chi connectivity index (χ1) is 15.5. The Morgan fingerprint density at radius 1 is 1.12 bits per heavy atom. The number of nitrogens with one attached hydrogen (secondary N) is 1. The summed E-state index contributed by atoms with van der Waals surface area (Å²) >= 11 is 0. The Balaban J connectivity index is 1.90. The van der Waals surface area contributed by atoms with Crippen molar-refractivity contribution in [2.45, 2.75) is 26.2 Å². The van der Waals surface area contributed by atoms with Gasteiger partial charge in [0, 0.05) is 27.7 Å². The van der Waals surface area contributed by atoms with Gasteiger partial charge in [-0.15, -0.1) is 0 Å². The number of halogens is 1. The first-order valence-electron chi connectivity index (χ1n) is 10.6. The fourth-order valence-corrected chi connectivity index (χ4v) is 4.36. The third kappa shape index (κ3) is 3.15. The summed E-state index contributed by atoms with van der Waals surface area (Å²) in [6.07, 6.45) is 2.71. The van der Waals surface area contributed by atoms with Crippen molar-refractivity contribution in [2.75, 3.05) is 0 Å². The van der Waals surface area contributed by atoms with E-state index in [2.05, 4.69) is 40.7 Å². The molecular formula is C26H22FN3O2. The van der Waals surface area contributed by atoms with Gasteiger partial charge in [0.05, 0.1) is 22.8 Å². The zero-order valence-electron chi connectivity index (χ0n) is 17.8. The number of nitrogens with zero attached hydrogens (tertiary/aromatic N) is 2. The van der Waals surface area contributed by atoms with Crippen LogP contribution in [0.4, 0.5) is 4.39 Å². The molecule has 160 valence electrons. The van der Waals surface area contributed by atoms with E-state index in [1.807, 2.05) is 12.1 Å². The molecule has 0 radical (unpaired) electrons. The molecule has 0 aliphatic heterocycles. The molecule has 0 aliphatic rings. The molecule has 5 aromatic rings. The van der Waals surface area contributed by atoms with Crippen LogP contribution in [-0.4, -0.2) is 25.8 Å². The Bertz CT molecular complexity index is 1450. The number of benzene rings is 3. The van der Waals surface area contributed by atoms with Gasteiger partial charge in [0.15, 0.2) is 0 Å². The van der Waals surface area contributed by atoms with Crippen molar-refractivity contribution in [1.82, 2.24) is 14.8 Å². The predicted octanol–water partition coefficient (Wildman–Crippen LogP) is 6.52. The average molecular weight is 427 g/mol. The number of carbonyl (C=O) groups is 1. The molecule has 0 amide bonds. The molecule has 0 fully saturated rings. The van der Waals surface area contributed by atoms with E-state index < -0.39 is 5.97 Å². The molecule has 32 heavy (non-hydrogen) atoms. The van der Waals surface area contributed by atoms with Crippen LogP contribution in [0.2, 0.25) is 0 Å². The van der Waals surface area contributed by atoms with Crippen molar-refractivity contribution in [3.05, 3.63) is 83.9 Å². The fraction of sp³-hybridized carbons (Fsp3) is 0.154. The van der Waals surface area contributed by atoms with E-state index in [9.17, 15) is 14.3 Å². The molecule has 5 nitrogen and oxygen atoms in total. The zero-order chi connectivity index (χ0) is 22.4. The van der Waals surface area contributed by atoms with E-state index in [1.165, 1.54) is 12.1 Å². The van der Waals surface area contributed by atoms with E-state index in [0.717, 1.165) is 50.7 Å². The third-order valence-corrected chi connectivity index (χ3v) is 6.15. The van der Waals surface area contributed by atoms with Crippen LogP contribution in [-0.2, 0) is 0 Å². The van der Waals surface area contributed by atoms with Crippen LogP contribution in [0.15, 0.2) is 66.9 Å². The molecule has 0 spiro atoms. The van der Waals surface area contributed by atoms with Gasteiger partial charge in [0.1, 0.15) is 5.82 Å². The highest BCUT2D eigenvalue weighted by atomic mass is 19.1. The number of aromatic carboxylic acids is 1. The Morgan fingerprint density at radius 2 is 1.84 bits per heavy atom. The Morgan fingerprint density at radius 3 is 2.50 bits per heavy atom. The van der Waals surface area contributed by atoms with Gasteiger partial charge >= 0.3 is 5.97 Å². The lowest BCUT2D eigenvalue weighted by atomic mass is 9.93. The lowest BCUT2D eigenvalue weighted by molar-refractivity contribution is 0.0697. The second-order valence-corrected chi connectivity index (χ2v) is 8.09. The molecule has 1 atom stereocenters. The van der Waals surface area contributed by atoms with Gasteiger partial charge in [0.25, 0.3) is 0 Å². The summed E-state index contributed by atoms with van der Waals surface area (Å²) < 4.78 is 15.9. The Kier molecular flexibility index (Phi) is 4.78. The topological polar surface area (TPSA) is 70.9 Å². The monoisotopic (exact) mass is 427 g/mol. The van der Waals surface area contributed by atoms with Crippen molar-refractivity contribution in [1.29, 1.82) is 0 Å². The van der Waals surface area contributed by atoms with Crippen LogP contribution >= 0.6 is 0 Å². The van der Waals surface area contributed by atoms with Crippen molar-refractivity contribution in [3.8, 4) is 16.8 Å². The fourth-order valence-electron chi connectivity index (χ4n) is 4.36. The smallest absolute Gasteiger partial charge is 0.335 e. The minimum atomic E-state index is -0.952. The van der Waals surface area contributed by atoms with Crippen LogP contribution in [0.1, 0.15) is 42.2 Å². The molecule has 2 heterocycles. The number of fused-ring (bicyclic) bond motifs is 2. The molecule has 0 aliphatic carbocycles. The van der Waals surface area contributed by atoms with Gasteiger partial charge < -0.3 is 9.67 Å². The molecule has 5 rings (SSSR count). The van der Waals surface area contributed by atoms with E-state index in [-0.39, 0.29) is 17.3 Å². The molecule has 3 aromatic carbocycles. The first-order valence-corrected chi connectivity index (χ1v) is 10.6. The average Bonchev–Trinajstić information content (AvgIpc) is 3.39. The highest BCUT2D eigenvalue weighted by Gasteiger charge is 2.24. The minimum absolute atomic E-state index is 0.207. The van der Waals surface area contributed by atoms with Crippen molar-refractivity contribution >= 4 is 27.8 Å². The lowest BCUT2D eigenvalue weighted by Gasteiger charge is -2.18. The summed E-state index contributed by atoms with van der Waals surface area (Å²) in [7, 11) is 0. The van der Waals surface area contributed by atoms with Gasteiger partial charge in [-0.25, -0.2) is 9.18 Å². The van der Waals surface area contributed by atoms with E-state index >= 15 is 0 Å². The minimum Gasteiger partial charge on any atom is -0.478 e. The summed E-state index contributed by atoms with van der Waals surface area (Å²) in [5.41, 5.74) is 6.14. The zero-order valence-corrected chi connectivity index (χ0v) is 17.8. The summed E-state index contributed by atoms with van der Waals surface area (Å²) in [6, 6.07) is 17.7. The van der Waals surface area contributed by atoms with Gasteiger partial charge in [-0.05, 0) is 66.4 Å². The maximum Gasteiger partial charge on any atom is 0.335 e. The van der Waals surface area contributed by atoms with Crippen LogP contribution in [0.5, 0.6) is 0 Å². The van der Waals surface area contributed by atoms with Crippen LogP contribution in [0, 0.1) is 5.82 Å². The van der Waals surface area contributed by atoms with Gasteiger partial charge in [-0.2, -0.15) is 5.10 Å². The highest BCUT2D eigenvalue weighted by Crippen LogP contribution is 2.42. The quantitative estimate of drug-likeness (QED) is 0.335. The lowest BCUT2D eigenvalue weighted by Crippen LogP contribution is -2.05. The molecule has 6 heteroatoms. The third-order valence-electron chi connectivity index (χ3n) is 6.15. The first kappa shape index (κ1) is 20.0. The standard InChI is InChI=1S/C26H22FN3O2/c1-3-15(2)25-24(16-4-6-17(7-5-16)26(31)32)21-13-22-18(14-28-29-22)12-23(21)30(25)20-10-8-19(27)9-11-20/h4-15H,3H2,1-2H3,(H,28,29)(H,31,32). The second kappa shape index (κ2) is 7.64. The van der Waals surface area contributed by atoms with E-state index in [1.54, 1.807) is 30.5 Å². The molecule has 0 saturated heterocycles. The summed E-state index contributed by atoms with van der Waals surface area (Å²) in [5, 5.41) is 18.6. The van der Waals surface area contributed by atoms with Crippen LogP contribution in [0.3, 0.4) is 0 Å². The van der Waals surface area contributed by atoms with E-state index in [4.69, 9.17) is 0 Å². The maximum atomic E-state index is 13.7. The number of hydrogen-bond acceptors (Lipinski definition) is 2. The highest BCUT2D eigenvalue weighted by molar-refractivity contribution is 6.06. The molecule has 1 unspecified atom stereocenters. The molecule has 2 aromatic heterocycles. The van der Waals surface area contributed by atoms with Crippen LogP contribution in [0.25, 0.3) is 38.6 Å². The molecule has 0 saturated carbocycles. The Labute approximate surface area is 184 Å². The van der Waals surface area contributed by atoms with Gasteiger partial charge in [-0.3, -0.25) is 5.10 Å². The number of carboxylic acids is 1. The maximum absolute atomic E-state index is 13.7. The number of rotatable bonds is 5. The number of carboxylic acid groups (broad SMARTS) is 1. The molecular weight excluding hydrogens is 405 g/mol. The second-order valence-electron chi connectivity index (χ2n) is 8.09.